The molecule has 2 N–H and O–H groups in total. The molecule has 0 spiro atoms. The SMILES string of the molecule is COc1ccc(CC(=O)N2CCC[C@@H](N)C2)cc1.Cl. The van der Waals surface area contributed by atoms with Crippen molar-refractivity contribution in [2.24, 2.45) is 5.73 Å². The number of ether oxygens (including phenoxy) is 1. The van der Waals surface area contributed by atoms with E-state index >= 15 is 0 Å². The molecule has 1 aromatic carbocycles. The zero-order chi connectivity index (χ0) is 13.0. The minimum absolute atomic E-state index is 0. The molecule has 0 aliphatic carbocycles. The lowest BCUT2D eigenvalue weighted by Gasteiger charge is -2.30. The minimum atomic E-state index is 0. The molecule has 0 saturated carbocycles. The predicted molar refractivity (Wildman–Crippen MR) is 77.7 cm³/mol. The van der Waals surface area contributed by atoms with Crippen LogP contribution in [-0.4, -0.2) is 37.0 Å². The van der Waals surface area contributed by atoms with E-state index in [0.29, 0.717) is 13.0 Å². The number of piperidine rings is 1. The number of carbonyl (C=O) groups is 1. The second-order valence-corrected chi connectivity index (χ2v) is 4.77. The molecule has 0 unspecified atom stereocenters. The number of hydrogen-bond donors (Lipinski definition) is 1. The van der Waals surface area contributed by atoms with Crippen molar-refractivity contribution in [3.63, 3.8) is 0 Å². The molecule has 106 valence electrons. The molecule has 1 saturated heterocycles. The molecule has 19 heavy (non-hydrogen) atoms. The van der Waals surface area contributed by atoms with E-state index in [0.717, 1.165) is 30.7 Å². The maximum absolute atomic E-state index is 12.1. The van der Waals surface area contributed by atoms with Gasteiger partial charge in [-0.3, -0.25) is 4.79 Å². The first-order chi connectivity index (χ1) is 8.69. The molecule has 2 rings (SSSR count). The van der Waals surface area contributed by atoms with Crippen molar-refractivity contribution < 1.29 is 9.53 Å². The van der Waals surface area contributed by atoms with Crippen LogP contribution in [0.4, 0.5) is 0 Å². The van der Waals surface area contributed by atoms with Gasteiger partial charge in [0.05, 0.1) is 13.5 Å². The standard InChI is InChI=1S/C14H20N2O2.ClH/c1-18-13-6-4-11(5-7-13)9-14(17)16-8-2-3-12(15)10-16;/h4-7,12H,2-3,8-10,15H2,1H3;1H/t12-;/m1./s1. The highest BCUT2D eigenvalue weighted by Crippen LogP contribution is 2.14. The van der Waals surface area contributed by atoms with Crippen LogP contribution in [0.15, 0.2) is 24.3 Å². The first kappa shape index (κ1) is 15.8. The Hall–Kier alpha value is -1.26. The molecule has 1 aromatic rings. The molecule has 0 radical (unpaired) electrons. The summed E-state index contributed by atoms with van der Waals surface area (Å²) in [6, 6.07) is 7.76. The number of carbonyl (C=O) groups excluding carboxylic acids is 1. The van der Waals surface area contributed by atoms with Gasteiger partial charge in [0.1, 0.15) is 5.75 Å². The lowest BCUT2D eigenvalue weighted by molar-refractivity contribution is -0.131. The van der Waals surface area contributed by atoms with Gasteiger partial charge in [-0.2, -0.15) is 0 Å². The number of methoxy groups -OCH3 is 1. The van der Waals surface area contributed by atoms with Crippen LogP contribution < -0.4 is 10.5 Å². The Kier molecular flexibility index (Phi) is 6.12. The van der Waals surface area contributed by atoms with E-state index in [-0.39, 0.29) is 24.4 Å². The van der Waals surface area contributed by atoms with E-state index in [2.05, 4.69) is 0 Å². The molecule has 1 amide bonds. The summed E-state index contributed by atoms with van der Waals surface area (Å²) in [6.45, 7) is 1.53. The summed E-state index contributed by atoms with van der Waals surface area (Å²) in [4.78, 5) is 14.0. The van der Waals surface area contributed by atoms with Crippen LogP contribution in [0.5, 0.6) is 5.75 Å². The first-order valence-corrected chi connectivity index (χ1v) is 6.35. The molecule has 1 aliphatic rings. The van der Waals surface area contributed by atoms with Gasteiger partial charge in [-0.25, -0.2) is 0 Å². The second-order valence-electron chi connectivity index (χ2n) is 4.77. The fourth-order valence-electron chi connectivity index (χ4n) is 2.27. The van der Waals surface area contributed by atoms with Crippen LogP contribution >= 0.6 is 12.4 Å². The minimum Gasteiger partial charge on any atom is -0.497 e. The highest BCUT2D eigenvalue weighted by atomic mass is 35.5. The van der Waals surface area contributed by atoms with Crippen molar-refractivity contribution in [3.8, 4) is 5.75 Å². The fraction of sp³-hybridized carbons (Fsp3) is 0.500. The van der Waals surface area contributed by atoms with Crippen molar-refractivity contribution in [1.29, 1.82) is 0 Å². The molecule has 0 bridgehead atoms. The van der Waals surface area contributed by atoms with E-state index in [1.165, 1.54) is 0 Å². The van der Waals surface area contributed by atoms with Gasteiger partial charge in [-0.15, -0.1) is 12.4 Å². The van der Waals surface area contributed by atoms with E-state index in [9.17, 15) is 4.79 Å². The number of likely N-dealkylation sites (tertiary alicyclic amines) is 1. The molecule has 1 atom stereocenters. The van der Waals surface area contributed by atoms with E-state index < -0.39 is 0 Å². The molecule has 0 aromatic heterocycles. The largest absolute Gasteiger partial charge is 0.497 e. The Bertz CT molecular complexity index is 408. The quantitative estimate of drug-likeness (QED) is 0.917. The highest BCUT2D eigenvalue weighted by molar-refractivity contribution is 5.85. The van der Waals surface area contributed by atoms with Crippen molar-refractivity contribution in [1.82, 2.24) is 4.90 Å². The monoisotopic (exact) mass is 284 g/mol. The summed E-state index contributed by atoms with van der Waals surface area (Å²) in [5.74, 6) is 0.974. The summed E-state index contributed by atoms with van der Waals surface area (Å²) in [6.07, 6.45) is 2.47. The highest BCUT2D eigenvalue weighted by Gasteiger charge is 2.21. The van der Waals surface area contributed by atoms with Crippen LogP contribution in [0.2, 0.25) is 0 Å². The predicted octanol–water partition coefficient (Wildman–Crippen LogP) is 1.61. The zero-order valence-corrected chi connectivity index (χ0v) is 12.0. The lowest BCUT2D eigenvalue weighted by Crippen LogP contribution is -2.46. The maximum atomic E-state index is 12.1. The third-order valence-electron chi connectivity index (χ3n) is 3.32. The van der Waals surface area contributed by atoms with Crippen LogP contribution in [0.3, 0.4) is 0 Å². The molecule has 1 fully saturated rings. The maximum Gasteiger partial charge on any atom is 0.227 e. The summed E-state index contributed by atoms with van der Waals surface area (Å²) in [5.41, 5.74) is 6.90. The van der Waals surface area contributed by atoms with Crippen LogP contribution in [0.1, 0.15) is 18.4 Å². The molecule has 5 heteroatoms. The number of nitrogens with two attached hydrogens (primary N) is 1. The third kappa shape index (κ3) is 4.40. The Morgan fingerprint density at radius 2 is 2.11 bits per heavy atom. The fourth-order valence-corrected chi connectivity index (χ4v) is 2.27. The van der Waals surface area contributed by atoms with Gasteiger partial charge in [0, 0.05) is 19.1 Å². The third-order valence-corrected chi connectivity index (χ3v) is 3.32. The number of amides is 1. The van der Waals surface area contributed by atoms with Crippen LogP contribution in [-0.2, 0) is 11.2 Å². The number of halogens is 1. The van der Waals surface area contributed by atoms with Crippen molar-refractivity contribution in [3.05, 3.63) is 29.8 Å². The summed E-state index contributed by atoms with van der Waals surface area (Å²) in [5, 5.41) is 0. The Morgan fingerprint density at radius 1 is 1.42 bits per heavy atom. The summed E-state index contributed by atoms with van der Waals surface area (Å²) < 4.78 is 5.09. The van der Waals surface area contributed by atoms with Gasteiger partial charge in [-0.1, -0.05) is 12.1 Å². The van der Waals surface area contributed by atoms with Gasteiger partial charge in [0.25, 0.3) is 0 Å². The number of benzene rings is 1. The van der Waals surface area contributed by atoms with Crippen molar-refractivity contribution in [2.75, 3.05) is 20.2 Å². The Morgan fingerprint density at radius 3 is 2.68 bits per heavy atom. The molecular formula is C14H21ClN2O2. The second kappa shape index (κ2) is 7.36. The summed E-state index contributed by atoms with van der Waals surface area (Å²) >= 11 is 0. The lowest BCUT2D eigenvalue weighted by atomic mass is 10.1. The van der Waals surface area contributed by atoms with Crippen LogP contribution in [0, 0.1) is 0 Å². The van der Waals surface area contributed by atoms with E-state index in [1.807, 2.05) is 29.2 Å². The average molecular weight is 285 g/mol. The molecule has 1 heterocycles. The van der Waals surface area contributed by atoms with Gasteiger partial charge in [-0.05, 0) is 30.5 Å². The summed E-state index contributed by atoms with van der Waals surface area (Å²) in [7, 11) is 1.63. The Labute approximate surface area is 120 Å². The Balaban J connectivity index is 0.00000180. The zero-order valence-electron chi connectivity index (χ0n) is 11.2. The number of rotatable bonds is 3. The van der Waals surface area contributed by atoms with Crippen molar-refractivity contribution in [2.45, 2.75) is 25.3 Å². The van der Waals surface area contributed by atoms with Crippen LogP contribution in [0.25, 0.3) is 0 Å². The van der Waals surface area contributed by atoms with Gasteiger partial charge in [0.2, 0.25) is 5.91 Å². The van der Waals surface area contributed by atoms with Crippen molar-refractivity contribution >= 4 is 18.3 Å². The van der Waals surface area contributed by atoms with Gasteiger partial charge in [0.15, 0.2) is 0 Å². The molecule has 1 aliphatic heterocycles. The topological polar surface area (TPSA) is 55.6 Å². The van der Waals surface area contributed by atoms with Gasteiger partial charge < -0.3 is 15.4 Å². The first-order valence-electron chi connectivity index (χ1n) is 6.35. The number of hydrogen-bond acceptors (Lipinski definition) is 3. The average Bonchev–Trinajstić information content (AvgIpc) is 2.39. The van der Waals surface area contributed by atoms with E-state index in [1.54, 1.807) is 7.11 Å². The molecule has 4 nitrogen and oxygen atoms in total. The normalized spacial score (nSPS) is 18.6. The number of nitrogens with zero attached hydrogens (tertiary/aromatic N) is 1. The molecular weight excluding hydrogens is 264 g/mol. The van der Waals surface area contributed by atoms with Gasteiger partial charge >= 0.3 is 0 Å². The van der Waals surface area contributed by atoms with E-state index in [4.69, 9.17) is 10.5 Å². The smallest absolute Gasteiger partial charge is 0.227 e.